The first-order valence-electron chi connectivity index (χ1n) is 5.95. The van der Waals surface area contributed by atoms with Crippen LogP contribution >= 0.6 is 11.6 Å². The van der Waals surface area contributed by atoms with E-state index >= 15 is 0 Å². The molecule has 0 fully saturated rings. The van der Waals surface area contributed by atoms with Crippen LogP contribution in [0.4, 0.5) is 4.79 Å². The molecule has 0 saturated heterocycles. The van der Waals surface area contributed by atoms with Crippen LogP contribution in [-0.2, 0) is 9.47 Å². The van der Waals surface area contributed by atoms with Gasteiger partial charge in [-0.15, -0.1) is 11.6 Å². The van der Waals surface area contributed by atoms with Gasteiger partial charge < -0.3 is 19.9 Å². The molecule has 0 aliphatic rings. The lowest BCUT2D eigenvalue weighted by atomic mass is 10.2. The van der Waals surface area contributed by atoms with Gasteiger partial charge >= 0.3 is 6.09 Å². The summed E-state index contributed by atoms with van der Waals surface area (Å²) in [7, 11) is 0. The third-order valence-electron chi connectivity index (χ3n) is 2.07. The summed E-state index contributed by atoms with van der Waals surface area (Å²) < 4.78 is 10.5. The average Bonchev–Trinajstić information content (AvgIpc) is 2.30. The maximum atomic E-state index is 10.1. The highest BCUT2D eigenvalue weighted by molar-refractivity contribution is 6.17. The van der Waals surface area contributed by atoms with E-state index in [1.807, 2.05) is 0 Å². The Morgan fingerprint density at radius 3 is 2.29 bits per heavy atom. The molecule has 0 spiro atoms. The first kappa shape index (κ1) is 16.5. The van der Waals surface area contributed by atoms with Gasteiger partial charge in [0.25, 0.3) is 0 Å². The monoisotopic (exact) mass is 267 g/mol. The molecule has 0 saturated carbocycles. The number of rotatable bonds is 12. The molecule has 0 bridgehead atoms. The van der Waals surface area contributed by atoms with E-state index in [0.29, 0.717) is 26.4 Å². The van der Waals surface area contributed by atoms with Crippen molar-refractivity contribution in [3.8, 4) is 0 Å². The summed E-state index contributed by atoms with van der Waals surface area (Å²) in [6.07, 6.45) is 3.40. The number of carbonyl (C=O) groups is 1. The first-order valence-corrected chi connectivity index (χ1v) is 6.49. The van der Waals surface area contributed by atoms with Crippen LogP contribution in [0.25, 0.3) is 0 Å². The highest BCUT2D eigenvalue weighted by Crippen LogP contribution is 2.00. The maximum absolute atomic E-state index is 10.1. The Morgan fingerprint density at radius 2 is 1.65 bits per heavy atom. The summed E-state index contributed by atoms with van der Waals surface area (Å²) in [6, 6.07) is 0. The summed E-state index contributed by atoms with van der Waals surface area (Å²) in [5.74, 6) is 0.735. The molecule has 0 heterocycles. The fraction of sp³-hybridized carbons (Fsp3) is 0.909. The molecule has 0 aromatic heterocycles. The van der Waals surface area contributed by atoms with E-state index in [2.05, 4.69) is 5.32 Å². The van der Waals surface area contributed by atoms with E-state index in [9.17, 15) is 4.79 Å². The summed E-state index contributed by atoms with van der Waals surface area (Å²) in [4.78, 5) is 10.1. The Labute approximate surface area is 107 Å². The number of alkyl halides is 1. The minimum absolute atomic E-state index is 0.313. The van der Waals surface area contributed by atoms with Crippen molar-refractivity contribution in [2.45, 2.75) is 25.7 Å². The molecular formula is C11H22ClNO4. The molecular weight excluding hydrogens is 246 g/mol. The molecule has 17 heavy (non-hydrogen) atoms. The second-order valence-electron chi connectivity index (χ2n) is 3.56. The SMILES string of the molecule is O=C(O)NCCOCCOCCCCCCCl. The number of hydrogen-bond acceptors (Lipinski definition) is 3. The van der Waals surface area contributed by atoms with E-state index < -0.39 is 6.09 Å². The third kappa shape index (κ3) is 15.5. The van der Waals surface area contributed by atoms with E-state index in [4.69, 9.17) is 26.2 Å². The number of hydrogen-bond donors (Lipinski definition) is 2. The molecule has 0 aliphatic carbocycles. The van der Waals surface area contributed by atoms with Crippen LogP contribution < -0.4 is 5.32 Å². The molecule has 5 nitrogen and oxygen atoms in total. The molecule has 0 atom stereocenters. The number of halogens is 1. The molecule has 0 rings (SSSR count). The molecule has 0 aromatic rings. The number of ether oxygens (including phenoxy) is 2. The van der Waals surface area contributed by atoms with Gasteiger partial charge in [0, 0.05) is 19.0 Å². The van der Waals surface area contributed by atoms with Crippen LogP contribution in [0.5, 0.6) is 0 Å². The maximum Gasteiger partial charge on any atom is 0.404 e. The number of unbranched alkanes of at least 4 members (excludes halogenated alkanes) is 3. The Balaban J connectivity index is 2.91. The molecule has 0 unspecified atom stereocenters. The quantitative estimate of drug-likeness (QED) is 0.420. The van der Waals surface area contributed by atoms with Crippen molar-refractivity contribution >= 4 is 17.7 Å². The molecule has 0 radical (unpaired) electrons. The molecule has 6 heteroatoms. The Hall–Kier alpha value is -0.520. The van der Waals surface area contributed by atoms with Crippen LogP contribution in [0.1, 0.15) is 25.7 Å². The number of nitrogens with one attached hydrogen (secondary N) is 1. The predicted octanol–water partition coefficient (Wildman–Crippen LogP) is 2.09. The van der Waals surface area contributed by atoms with Gasteiger partial charge in [0.1, 0.15) is 0 Å². The van der Waals surface area contributed by atoms with Crippen LogP contribution in [0.2, 0.25) is 0 Å². The highest BCUT2D eigenvalue weighted by Gasteiger charge is 1.94. The molecule has 2 N–H and O–H groups in total. The summed E-state index contributed by atoms with van der Waals surface area (Å²) >= 11 is 5.55. The van der Waals surface area contributed by atoms with E-state index in [0.717, 1.165) is 38.2 Å². The van der Waals surface area contributed by atoms with E-state index in [1.54, 1.807) is 0 Å². The Morgan fingerprint density at radius 1 is 1.00 bits per heavy atom. The van der Waals surface area contributed by atoms with Gasteiger partial charge in [-0.25, -0.2) is 4.79 Å². The van der Waals surface area contributed by atoms with Gasteiger partial charge in [-0.2, -0.15) is 0 Å². The lowest BCUT2D eigenvalue weighted by molar-refractivity contribution is 0.0474. The summed E-state index contributed by atoms with van der Waals surface area (Å²) in [5, 5.41) is 10.5. The topological polar surface area (TPSA) is 67.8 Å². The van der Waals surface area contributed by atoms with E-state index in [1.165, 1.54) is 0 Å². The Kier molecular flexibility index (Phi) is 13.1. The van der Waals surface area contributed by atoms with Crippen molar-refractivity contribution in [3.05, 3.63) is 0 Å². The highest BCUT2D eigenvalue weighted by atomic mass is 35.5. The van der Waals surface area contributed by atoms with Crippen LogP contribution in [0.3, 0.4) is 0 Å². The summed E-state index contributed by atoms with van der Waals surface area (Å²) in [5.41, 5.74) is 0. The van der Waals surface area contributed by atoms with Crippen molar-refractivity contribution < 1.29 is 19.4 Å². The van der Waals surface area contributed by atoms with Crippen LogP contribution in [0, 0.1) is 0 Å². The van der Waals surface area contributed by atoms with Gasteiger partial charge in [0.2, 0.25) is 0 Å². The second kappa shape index (κ2) is 13.5. The van der Waals surface area contributed by atoms with Crippen molar-refractivity contribution in [1.29, 1.82) is 0 Å². The standard InChI is InChI=1S/C11H22ClNO4/c12-5-3-1-2-4-7-16-9-10-17-8-6-13-11(14)15/h13H,1-10H2,(H,14,15). The van der Waals surface area contributed by atoms with Crippen LogP contribution in [0.15, 0.2) is 0 Å². The fourth-order valence-corrected chi connectivity index (χ4v) is 1.39. The third-order valence-corrected chi connectivity index (χ3v) is 2.33. The minimum Gasteiger partial charge on any atom is -0.465 e. The van der Waals surface area contributed by atoms with E-state index in [-0.39, 0.29) is 0 Å². The van der Waals surface area contributed by atoms with Gasteiger partial charge in [0.15, 0.2) is 0 Å². The zero-order chi connectivity index (χ0) is 12.8. The minimum atomic E-state index is -1.03. The normalized spacial score (nSPS) is 10.4. The molecule has 0 aliphatic heterocycles. The predicted molar refractivity (Wildman–Crippen MR) is 66.9 cm³/mol. The first-order chi connectivity index (χ1) is 8.27. The number of amides is 1. The average molecular weight is 268 g/mol. The second-order valence-corrected chi connectivity index (χ2v) is 3.94. The molecule has 0 aromatic carbocycles. The zero-order valence-corrected chi connectivity index (χ0v) is 10.9. The largest absolute Gasteiger partial charge is 0.465 e. The van der Waals surface area contributed by atoms with Crippen LogP contribution in [-0.4, -0.2) is 50.1 Å². The molecule has 1 amide bonds. The lowest BCUT2D eigenvalue weighted by Crippen LogP contribution is -2.25. The van der Waals surface area contributed by atoms with Gasteiger partial charge in [-0.1, -0.05) is 12.8 Å². The summed E-state index contributed by atoms with van der Waals surface area (Å²) in [6.45, 7) is 2.50. The van der Waals surface area contributed by atoms with Gasteiger partial charge in [-0.05, 0) is 12.8 Å². The van der Waals surface area contributed by atoms with Crippen molar-refractivity contribution in [1.82, 2.24) is 5.32 Å². The lowest BCUT2D eigenvalue weighted by Gasteiger charge is -2.05. The Bertz CT molecular complexity index is 181. The van der Waals surface area contributed by atoms with Crippen molar-refractivity contribution in [2.24, 2.45) is 0 Å². The zero-order valence-electron chi connectivity index (χ0n) is 10.1. The van der Waals surface area contributed by atoms with Gasteiger partial charge in [0.05, 0.1) is 19.8 Å². The fourth-order valence-electron chi connectivity index (χ4n) is 1.20. The number of carboxylic acid groups (broad SMARTS) is 1. The molecule has 102 valence electrons. The van der Waals surface area contributed by atoms with Gasteiger partial charge in [-0.3, -0.25) is 0 Å². The smallest absolute Gasteiger partial charge is 0.404 e. The van der Waals surface area contributed by atoms with Crippen molar-refractivity contribution in [3.63, 3.8) is 0 Å². The van der Waals surface area contributed by atoms with Crippen molar-refractivity contribution in [2.75, 3.05) is 38.9 Å².